The Hall–Kier alpha value is -2.32. The second-order valence-electron chi connectivity index (χ2n) is 6.85. The summed E-state index contributed by atoms with van der Waals surface area (Å²) in [6.07, 6.45) is 3.95. The van der Waals surface area contributed by atoms with Crippen molar-refractivity contribution >= 4 is 33.6 Å². The normalized spacial score (nSPS) is 15.2. The van der Waals surface area contributed by atoms with Crippen molar-refractivity contribution in [2.24, 2.45) is 0 Å². The fourth-order valence-corrected chi connectivity index (χ4v) is 3.79. The Labute approximate surface area is 173 Å². The summed E-state index contributed by atoms with van der Waals surface area (Å²) in [4.78, 5) is 26.6. The van der Waals surface area contributed by atoms with E-state index in [1.54, 1.807) is 6.26 Å². The molecule has 1 fully saturated rings. The number of hydrogen-bond donors (Lipinski definition) is 3. The molecule has 0 spiro atoms. The summed E-state index contributed by atoms with van der Waals surface area (Å²) in [5, 5.41) is 8.25. The molecule has 3 N–H and O–H groups in total. The van der Waals surface area contributed by atoms with Gasteiger partial charge >= 0.3 is 6.03 Å². The van der Waals surface area contributed by atoms with E-state index in [1.807, 2.05) is 37.3 Å². The van der Waals surface area contributed by atoms with Crippen LogP contribution in [0.2, 0.25) is 0 Å². The molecule has 150 valence electrons. The van der Waals surface area contributed by atoms with Crippen LogP contribution in [0.3, 0.4) is 0 Å². The lowest BCUT2D eigenvalue weighted by molar-refractivity contribution is -0.115. The Morgan fingerprint density at radius 3 is 2.68 bits per heavy atom. The maximum absolute atomic E-state index is 12.1. The molecule has 2 heterocycles. The van der Waals surface area contributed by atoms with Gasteiger partial charge < -0.3 is 20.4 Å². The second-order valence-corrected chi connectivity index (χ2v) is 7.76. The van der Waals surface area contributed by atoms with Gasteiger partial charge in [0.05, 0.1) is 18.8 Å². The molecule has 0 aliphatic carbocycles. The predicted octanol–water partition coefficient (Wildman–Crippen LogP) is 3.43. The topological polar surface area (TPSA) is 86.6 Å². The zero-order chi connectivity index (χ0) is 19.9. The van der Waals surface area contributed by atoms with Gasteiger partial charge in [0.15, 0.2) is 0 Å². The molecule has 1 saturated heterocycles. The molecule has 2 aromatic rings. The molecule has 1 aliphatic rings. The number of carbonyl (C=O) groups is 2. The van der Waals surface area contributed by atoms with Crippen LogP contribution in [0, 0.1) is 6.92 Å². The molecule has 28 heavy (non-hydrogen) atoms. The van der Waals surface area contributed by atoms with Crippen LogP contribution in [-0.2, 0) is 4.79 Å². The Morgan fingerprint density at radius 1 is 1.21 bits per heavy atom. The van der Waals surface area contributed by atoms with Crippen molar-refractivity contribution in [1.29, 1.82) is 0 Å². The van der Waals surface area contributed by atoms with Gasteiger partial charge in [-0.25, -0.2) is 4.79 Å². The van der Waals surface area contributed by atoms with Crippen LogP contribution in [0.1, 0.15) is 30.2 Å². The summed E-state index contributed by atoms with van der Waals surface area (Å²) in [5.74, 6) is 0.563. The fourth-order valence-electron chi connectivity index (χ4n) is 3.32. The zero-order valence-corrected chi connectivity index (χ0v) is 17.4. The lowest BCUT2D eigenvalue weighted by atomic mass is 10.2. The van der Waals surface area contributed by atoms with Crippen molar-refractivity contribution in [3.63, 3.8) is 0 Å². The number of furan rings is 1. The first kappa shape index (κ1) is 20.4. The quantitative estimate of drug-likeness (QED) is 0.605. The third-order valence-corrected chi connectivity index (χ3v) is 5.27. The first-order chi connectivity index (χ1) is 13.5. The molecule has 3 amide bonds. The van der Waals surface area contributed by atoms with Gasteiger partial charge in [0.1, 0.15) is 5.76 Å². The standard InChI is InChI=1S/C20H25BrN4O3/c1-14-11-15(21)6-7-16(14)24-19(26)13-23-20(27)22-12-17(18-5-4-10-28-18)25-8-2-3-9-25/h4-7,10-11,17H,2-3,8-9,12-13H2,1H3,(H,24,26)(H2,22,23,27). The summed E-state index contributed by atoms with van der Waals surface area (Å²) in [6, 6.07) is 9.00. The highest BCUT2D eigenvalue weighted by Gasteiger charge is 2.25. The van der Waals surface area contributed by atoms with Gasteiger partial charge in [-0.15, -0.1) is 0 Å². The van der Waals surface area contributed by atoms with Crippen molar-refractivity contribution in [3.8, 4) is 0 Å². The molecule has 0 bridgehead atoms. The number of rotatable bonds is 7. The number of likely N-dealkylation sites (tertiary alicyclic amines) is 1. The van der Waals surface area contributed by atoms with Gasteiger partial charge in [0, 0.05) is 16.7 Å². The summed E-state index contributed by atoms with van der Waals surface area (Å²) in [6.45, 7) is 4.21. The van der Waals surface area contributed by atoms with E-state index in [-0.39, 0.29) is 24.5 Å². The number of amides is 3. The SMILES string of the molecule is Cc1cc(Br)ccc1NC(=O)CNC(=O)NCC(c1ccco1)N1CCCC1. The van der Waals surface area contributed by atoms with Gasteiger partial charge in [-0.1, -0.05) is 15.9 Å². The van der Waals surface area contributed by atoms with E-state index >= 15 is 0 Å². The highest BCUT2D eigenvalue weighted by Crippen LogP contribution is 2.24. The molecular weight excluding hydrogens is 424 g/mol. The molecule has 1 aromatic heterocycles. The number of nitrogens with one attached hydrogen (secondary N) is 3. The van der Waals surface area contributed by atoms with Crippen LogP contribution in [0.4, 0.5) is 10.5 Å². The Kier molecular flexibility index (Phi) is 7.11. The van der Waals surface area contributed by atoms with E-state index in [0.29, 0.717) is 6.54 Å². The van der Waals surface area contributed by atoms with E-state index in [1.165, 1.54) is 0 Å². The Bertz CT molecular complexity index is 804. The molecule has 0 radical (unpaired) electrons. The van der Waals surface area contributed by atoms with Gasteiger partial charge in [0.25, 0.3) is 0 Å². The van der Waals surface area contributed by atoms with E-state index < -0.39 is 0 Å². The summed E-state index contributed by atoms with van der Waals surface area (Å²) < 4.78 is 6.49. The van der Waals surface area contributed by atoms with Crippen LogP contribution in [0.15, 0.2) is 45.5 Å². The first-order valence-electron chi connectivity index (χ1n) is 9.38. The average Bonchev–Trinajstić information content (AvgIpc) is 3.37. The number of benzene rings is 1. The van der Waals surface area contributed by atoms with Crippen molar-refractivity contribution in [3.05, 3.63) is 52.4 Å². The van der Waals surface area contributed by atoms with Crippen LogP contribution in [0.5, 0.6) is 0 Å². The minimum Gasteiger partial charge on any atom is -0.468 e. The number of halogens is 1. The smallest absolute Gasteiger partial charge is 0.315 e. The van der Waals surface area contributed by atoms with Gasteiger partial charge in [-0.3, -0.25) is 9.69 Å². The van der Waals surface area contributed by atoms with Crippen LogP contribution >= 0.6 is 15.9 Å². The van der Waals surface area contributed by atoms with Gasteiger partial charge in [0.2, 0.25) is 5.91 Å². The number of nitrogens with zero attached hydrogens (tertiary/aromatic N) is 1. The molecule has 3 rings (SSSR count). The minimum absolute atomic E-state index is 0.00231. The van der Waals surface area contributed by atoms with Crippen LogP contribution in [0.25, 0.3) is 0 Å². The fraction of sp³-hybridized carbons (Fsp3) is 0.400. The maximum atomic E-state index is 12.1. The molecule has 0 saturated carbocycles. The third-order valence-electron chi connectivity index (χ3n) is 4.78. The van der Waals surface area contributed by atoms with E-state index in [4.69, 9.17) is 4.42 Å². The van der Waals surface area contributed by atoms with E-state index in [9.17, 15) is 9.59 Å². The lowest BCUT2D eigenvalue weighted by Crippen LogP contribution is -2.43. The van der Waals surface area contributed by atoms with Gasteiger partial charge in [-0.05, 0) is 68.8 Å². The predicted molar refractivity (Wildman–Crippen MR) is 111 cm³/mol. The Morgan fingerprint density at radius 2 is 2.00 bits per heavy atom. The summed E-state index contributed by atoms with van der Waals surface area (Å²) in [7, 11) is 0. The zero-order valence-electron chi connectivity index (χ0n) is 15.8. The lowest BCUT2D eigenvalue weighted by Gasteiger charge is -2.26. The summed E-state index contributed by atoms with van der Waals surface area (Å²) >= 11 is 3.39. The summed E-state index contributed by atoms with van der Waals surface area (Å²) in [5.41, 5.74) is 1.67. The third kappa shape index (κ3) is 5.59. The van der Waals surface area contributed by atoms with E-state index in [0.717, 1.165) is 47.4 Å². The number of carbonyl (C=O) groups excluding carboxylic acids is 2. The molecule has 7 nitrogen and oxygen atoms in total. The van der Waals surface area contributed by atoms with Crippen molar-refractivity contribution in [2.75, 3.05) is 31.5 Å². The molecule has 1 aliphatic heterocycles. The first-order valence-corrected chi connectivity index (χ1v) is 10.2. The minimum atomic E-state index is -0.376. The molecule has 1 unspecified atom stereocenters. The van der Waals surface area contributed by atoms with E-state index in [2.05, 4.69) is 36.8 Å². The maximum Gasteiger partial charge on any atom is 0.315 e. The second kappa shape index (κ2) is 9.75. The monoisotopic (exact) mass is 448 g/mol. The number of urea groups is 1. The van der Waals surface area contributed by atoms with Crippen molar-refractivity contribution in [1.82, 2.24) is 15.5 Å². The molecule has 1 aromatic carbocycles. The number of anilines is 1. The average molecular weight is 449 g/mol. The Balaban J connectivity index is 1.46. The van der Waals surface area contributed by atoms with Crippen molar-refractivity contribution in [2.45, 2.75) is 25.8 Å². The highest BCUT2D eigenvalue weighted by atomic mass is 79.9. The molecule has 1 atom stereocenters. The van der Waals surface area contributed by atoms with Crippen LogP contribution in [-0.4, -0.2) is 43.0 Å². The number of hydrogen-bond acceptors (Lipinski definition) is 4. The molecular formula is C20H25BrN4O3. The molecule has 8 heteroatoms. The largest absolute Gasteiger partial charge is 0.468 e. The van der Waals surface area contributed by atoms with Crippen LogP contribution < -0.4 is 16.0 Å². The van der Waals surface area contributed by atoms with Gasteiger partial charge in [-0.2, -0.15) is 0 Å². The number of aryl methyl sites for hydroxylation is 1. The highest BCUT2D eigenvalue weighted by molar-refractivity contribution is 9.10. The van der Waals surface area contributed by atoms with Crippen molar-refractivity contribution < 1.29 is 14.0 Å².